The molecule has 1 aromatic heterocycles. The minimum atomic E-state index is -0.234. The Labute approximate surface area is 194 Å². The van der Waals surface area contributed by atoms with Crippen LogP contribution in [0.5, 0.6) is 5.75 Å². The molecular weight excluding hydrogens is 417 g/mol. The molecule has 0 bridgehead atoms. The summed E-state index contributed by atoms with van der Waals surface area (Å²) in [6.45, 7) is 6.32. The van der Waals surface area contributed by atoms with Crippen LogP contribution >= 0.6 is 0 Å². The van der Waals surface area contributed by atoms with E-state index in [2.05, 4.69) is 18.8 Å². The highest BCUT2D eigenvalue weighted by Gasteiger charge is 2.38. The number of carbonyl (C=O) groups excluding carboxylic acids is 1. The molecule has 0 atom stereocenters. The van der Waals surface area contributed by atoms with E-state index in [1.54, 1.807) is 24.5 Å². The van der Waals surface area contributed by atoms with Crippen LogP contribution in [0.2, 0.25) is 0 Å². The summed E-state index contributed by atoms with van der Waals surface area (Å²) in [5.41, 5.74) is 2.69. The van der Waals surface area contributed by atoms with Crippen LogP contribution in [0.4, 0.5) is 14.9 Å². The van der Waals surface area contributed by atoms with Gasteiger partial charge in [0.05, 0.1) is 6.61 Å². The molecule has 1 aliphatic heterocycles. The van der Waals surface area contributed by atoms with Crippen LogP contribution in [0.1, 0.15) is 33.1 Å². The second-order valence-electron chi connectivity index (χ2n) is 8.94. The molecule has 1 aliphatic rings. The summed E-state index contributed by atoms with van der Waals surface area (Å²) >= 11 is 0. The Balaban J connectivity index is 1.22. The van der Waals surface area contributed by atoms with E-state index in [9.17, 15) is 9.18 Å². The van der Waals surface area contributed by atoms with Gasteiger partial charge in [0.1, 0.15) is 11.6 Å². The first-order chi connectivity index (χ1) is 15.9. The fourth-order valence-electron chi connectivity index (χ4n) is 4.23. The number of pyridine rings is 1. The molecule has 0 radical (unpaired) electrons. The van der Waals surface area contributed by atoms with E-state index in [-0.39, 0.29) is 17.4 Å². The van der Waals surface area contributed by atoms with Gasteiger partial charge >= 0.3 is 6.03 Å². The van der Waals surface area contributed by atoms with E-state index < -0.39 is 0 Å². The summed E-state index contributed by atoms with van der Waals surface area (Å²) in [5.74, 6) is 0.588. The van der Waals surface area contributed by atoms with Crippen LogP contribution in [0.3, 0.4) is 0 Å². The van der Waals surface area contributed by atoms with Gasteiger partial charge in [-0.25, -0.2) is 9.18 Å². The van der Waals surface area contributed by atoms with Crippen LogP contribution in [0.25, 0.3) is 11.1 Å². The zero-order chi connectivity index (χ0) is 23.3. The van der Waals surface area contributed by atoms with Crippen molar-refractivity contribution < 1.29 is 13.9 Å². The average Bonchev–Trinajstić information content (AvgIpc) is 3.22. The number of unbranched alkanes of at least 4 members (excludes halogenated alkanes) is 1. The van der Waals surface area contributed by atoms with Gasteiger partial charge < -0.3 is 9.64 Å². The Morgan fingerprint density at radius 3 is 2.21 bits per heavy atom. The summed E-state index contributed by atoms with van der Waals surface area (Å²) in [4.78, 5) is 20.8. The molecule has 1 saturated heterocycles. The number of amides is 2. The topological polar surface area (TPSA) is 45.7 Å². The lowest BCUT2D eigenvalue weighted by Gasteiger charge is -2.35. The highest BCUT2D eigenvalue weighted by molar-refractivity contribution is 5.94. The van der Waals surface area contributed by atoms with Crippen LogP contribution in [-0.2, 0) is 0 Å². The predicted molar refractivity (Wildman–Crippen MR) is 129 cm³/mol. The highest BCUT2D eigenvalue weighted by atomic mass is 19.1. The average molecular weight is 448 g/mol. The Morgan fingerprint density at radius 1 is 0.909 bits per heavy atom. The fourth-order valence-corrected chi connectivity index (χ4v) is 4.23. The van der Waals surface area contributed by atoms with E-state index in [0.29, 0.717) is 13.2 Å². The van der Waals surface area contributed by atoms with Crippen molar-refractivity contribution in [3.05, 3.63) is 78.9 Å². The standard InChI is InChI=1S/C27H30FN3O2/c1-27(2,31-19-18-30(26(31)32)24-13-16-29-17-14-24)15-3-4-20-33-25-11-7-22(8-12-25)21-5-9-23(28)10-6-21/h5-14,16-17H,3-4,15,18-20H2,1-2H3. The minimum absolute atomic E-state index is 0.0590. The summed E-state index contributed by atoms with van der Waals surface area (Å²) in [5, 5.41) is 0. The molecule has 2 amide bonds. The van der Waals surface area contributed by atoms with E-state index in [0.717, 1.165) is 48.4 Å². The summed E-state index contributed by atoms with van der Waals surface area (Å²) in [6, 6.07) is 18.1. The number of ether oxygens (including phenoxy) is 1. The summed E-state index contributed by atoms with van der Waals surface area (Å²) in [6.07, 6.45) is 6.23. The molecule has 4 rings (SSSR count). The van der Waals surface area contributed by atoms with Crippen molar-refractivity contribution in [1.82, 2.24) is 9.88 Å². The van der Waals surface area contributed by atoms with Gasteiger partial charge in [-0.1, -0.05) is 24.3 Å². The predicted octanol–water partition coefficient (Wildman–Crippen LogP) is 6.16. The van der Waals surface area contributed by atoms with Gasteiger partial charge in [0, 0.05) is 36.7 Å². The smallest absolute Gasteiger partial charge is 0.325 e. The van der Waals surface area contributed by atoms with Crippen LogP contribution in [0.15, 0.2) is 73.1 Å². The number of anilines is 1. The number of rotatable bonds is 9. The number of aromatic nitrogens is 1. The second kappa shape index (κ2) is 10.0. The Bertz CT molecular complexity index is 1050. The lowest BCUT2D eigenvalue weighted by atomic mass is 9.95. The van der Waals surface area contributed by atoms with Crippen molar-refractivity contribution in [2.75, 3.05) is 24.6 Å². The molecule has 33 heavy (non-hydrogen) atoms. The first-order valence-electron chi connectivity index (χ1n) is 11.4. The third-order valence-corrected chi connectivity index (χ3v) is 6.20. The zero-order valence-corrected chi connectivity index (χ0v) is 19.2. The molecule has 0 unspecified atom stereocenters. The minimum Gasteiger partial charge on any atom is -0.494 e. The van der Waals surface area contributed by atoms with E-state index in [1.807, 2.05) is 46.2 Å². The second-order valence-corrected chi connectivity index (χ2v) is 8.94. The number of nitrogens with zero attached hydrogens (tertiary/aromatic N) is 3. The monoisotopic (exact) mass is 447 g/mol. The van der Waals surface area contributed by atoms with Crippen molar-refractivity contribution in [2.45, 2.75) is 38.6 Å². The van der Waals surface area contributed by atoms with E-state index in [1.165, 1.54) is 12.1 Å². The van der Waals surface area contributed by atoms with Gasteiger partial charge in [0.25, 0.3) is 0 Å². The molecule has 2 aromatic carbocycles. The van der Waals surface area contributed by atoms with Crippen LogP contribution in [-0.4, -0.2) is 41.2 Å². The maximum atomic E-state index is 13.1. The molecule has 0 N–H and O–H groups in total. The van der Waals surface area contributed by atoms with Gasteiger partial charge in [0.15, 0.2) is 0 Å². The van der Waals surface area contributed by atoms with Gasteiger partial charge in [-0.05, 0) is 80.6 Å². The van der Waals surface area contributed by atoms with Gasteiger partial charge in [-0.3, -0.25) is 9.88 Å². The molecule has 172 valence electrons. The maximum Gasteiger partial charge on any atom is 0.325 e. The summed E-state index contributed by atoms with van der Waals surface area (Å²) in [7, 11) is 0. The van der Waals surface area contributed by atoms with Gasteiger partial charge in [0.2, 0.25) is 0 Å². The number of halogens is 1. The Morgan fingerprint density at radius 2 is 1.55 bits per heavy atom. The normalized spacial score (nSPS) is 14.1. The number of hydrogen-bond acceptors (Lipinski definition) is 3. The molecular formula is C27H30FN3O2. The molecule has 6 heteroatoms. The number of carbonyl (C=O) groups is 1. The molecule has 5 nitrogen and oxygen atoms in total. The zero-order valence-electron chi connectivity index (χ0n) is 19.2. The quantitative estimate of drug-likeness (QED) is 0.369. The van der Waals surface area contributed by atoms with Crippen molar-refractivity contribution in [3.63, 3.8) is 0 Å². The Kier molecular flexibility index (Phi) is 6.92. The van der Waals surface area contributed by atoms with E-state index >= 15 is 0 Å². The van der Waals surface area contributed by atoms with Crippen LogP contribution in [0, 0.1) is 5.82 Å². The van der Waals surface area contributed by atoms with Gasteiger partial charge in [-0.2, -0.15) is 0 Å². The number of urea groups is 1. The SMILES string of the molecule is CC(C)(CCCCOc1ccc(-c2ccc(F)cc2)cc1)N1CCN(c2ccncc2)C1=O. The maximum absolute atomic E-state index is 13.1. The number of hydrogen-bond donors (Lipinski definition) is 0. The molecule has 0 saturated carbocycles. The lowest BCUT2D eigenvalue weighted by Crippen LogP contribution is -2.46. The van der Waals surface area contributed by atoms with Crippen molar-refractivity contribution in [3.8, 4) is 16.9 Å². The van der Waals surface area contributed by atoms with Crippen molar-refractivity contribution in [1.29, 1.82) is 0 Å². The fraction of sp³-hybridized carbons (Fsp3) is 0.333. The van der Waals surface area contributed by atoms with Crippen LogP contribution < -0.4 is 9.64 Å². The Hall–Kier alpha value is -3.41. The van der Waals surface area contributed by atoms with Crippen molar-refractivity contribution in [2.24, 2.45) is 0 Å². The third-order valence-electron chi connectivity index (χ3n) is 6.20. The van der Waals surface area contributed by atoms with E-state index in [4.69, 9.17) is 4.74 Å². The molecule has 1 fully saturated rings. The first kappa shape index (κ1) is 22.8. The molecule has 0 aliphatic carbocycles. The van der Waals surface area contributed by atoms with Crippen molar-refractivity contribution >= 4 is 11.7 Å². The first-order valence-corrected chi connectivity index (χ1v) is 11.4. The molecule has 3 aromatic rings. The largest absolute Gasteiger partial charge is 0.494 e. The summed E-state index contributed by atoms with van der Waals surface area (Å²) < 4.78 is 19.0. The highest BCUT2D eigenvalue weighted by Crippen LogP contribution is 2.29. The lowest BCUT2D eigenvalue weighted by molar-refractivity contribution is 0.150. The molecule has 0 spiro atoms. The van der Waals surface area contributed by atoms with Gasteiger partial charge in [-0.15, -0.1) is 0 Å². The number of benzene rings is 2. The molecule has 2 heterocycles. The third kappa shape index (κ3) is 5.51.